The number of carbonyl (C=O) groups is 1. The van der Waals surface area contributed by atoms with Crippen molar-refractivity contribution in [2.24, 2.45) is 0 Å². The molecule has 1 amide bonds. The van der Waals surface area contributed by atoms with Crippen LogP contribution in [-0.2, 0) is 6.61 Å². The lowest BCUT2D eigenvalue weighted by molar-refractivity contribution is 0.0919. The van der Waals surface area contributed by atoms with E-state index in [4.69, 9.17) is 4.74 Å². The first kappa shape index (κ1) is 19.4. The molecule has 2 N–H and O–H groups in total. The van der Waals surface area contributed by atoms with Gasteiger partial charge in [0, 0.05) is 23.0 Å². The Morgan fingerprint density at radius 1 is 1.00 bits per heavy atom. The summed E-state index contributed by atoms with van der Waals surface area (Å²) in [7, 11) is 0. The van der Waals surface area contributed by atoms with Crippen molar-refractivity contribution in [2.75, 3.05) is 5.32 Å². The van der Waals surface area contributed by atoms with E-state index in [0.29, 0.717) is 18.0 Å². The molecule has 2 aromatic carbocycles. The number of nitrogens with one attached hydrogen (secondary N) is 2. The molecule has 1 heterocycles. The summed E-state index contributed by atoms with van der Waals surface area (Å²) in [6.45, 7) is 6.38. The molecule has 3 aromatic rings. The highest BCUT2D eigenvalue weighted by Gasteiger charge is 2.15. The van der Waals surface area contributed by atoms with Crippen LogP contribution in [0.3, 0.4) is 0 Å². The lowest BCUT2D eigenvalue weighted by Crippen LogP contribution is -2.40. The van der Waals surface area contributed by atoms with Gasteiger partial charge >= 0.3 is 0 Å². The molecule has 0 aliphatic carbocycles. The fraction of sp³-hybridized carbons (Fsp3) is 0.217. The second-order valence-corrected chi connectivity index (χ2v) is 7.56. The molecule has 0 aliphatic heterocycles. The first-order valence-corrected chi connectivity index (χ1v) is 9.21. The summed E-state index contributed by atoms with van der Waals surface area (Å²) in [6.07, 6.45) is 1.62. The van der Waals surface area contributed by atoms with Crippen LogP contribution in [0.1, 0.15) is 36.7 Å². The molecule has 0 saturated carbocycles. The third-order valence-electron chi connectivity index (χ3n) is 3.89. The Balaban J connectivity index is 1.61. The number of rotatable bonds is 6. The highest BCUT2D eigenvalue weighted by Crippen LogP contribution is 2.20. The molecule has 0 fully saturated rings. The molecule has 5 heteroatoms. The maximum Gasteiger partial charge on any atom is 0.251 e. The summed E-state index contributed by atoms with van der Waals surface area (Å²) in [5, 5.41) is 6.17. The Kier molecular flexibility index (Phi) is 5.94. The van der Waals surface area contributed by atoms with Gasteiger partial charge in [0.2, 0.25) is 0 Å². The summed E-state index contributed by atoms with van der Waals surface area (Å²) in [5.74, 6) is 1.28. The number of ether oxygens (including phenoxy) is 1. The zero-order valence-corrected chi connectivity index (χ0v) is 16.4. The van der Waals surface area contributed by atoms with Crippen molar-refractivity contribution in [3.63, 3.8) is 0 Å². The van der Waals surface area contributed by atoms with Crippen molar-refractivity contribution < 1.29 is 9.53 Å². The molecular weight excluding hydrogens is 350 g/mol. The van der Waals surface area contributed by atoms with E-state index in [9.17, 15) is 4.79 Å². The van der Waals surface area contributed by atoms with E-state index in [0.717, 1.165) is 17.0 Å². The second kappa shape index (κ2) is 8.57. The third kappa shape index (κ3) is 5.84. The lowest BCUT2D eigenvalue weighted by atomic mass is 10.1. The number of carbonyl (C=O) groups excluding carboxylic acids is 1. The largest absolute Gasteiger partial charge is 0.489 e. The van der Waals surface area contributed by atoms with E-state index in [1.54, 1.807) is 18.3 Å². The number of nitrogens with zero attached hydrogens (tertiary/aromatic N) is 1. The number of pyridine rings is 1. The molecule has 28 heavy (non-hydrogen) atoms. The summed E-state index contributed by atoms with van der Waals surface area (Å²) >= 11 is 0. The van der Waals surface area contributed by atoms with E-state index >= 15 is 0 Å². The van der Waals surface area contributed by atoms with Crippen LogP contribution >= 0.6 is 0 Å². The van der Waals surface area contributed by atoms with Crippen molar-refractivity contribution in [3.8, 4) is 5.75 Å². The Morgan fingerprint density at radius 2 is 1.71 bits per heavy atom. The van der Waals surface area contributed by atoms with Crippen molar-refractivity contribution in [1.29, 1.82) is 0 Å². The van der Waals surface area contributed by atoms with Crippen molar-refractivity contribution >= 4 is 17.4 Å². The number of hydrogen-bond donors (Lipinski definition) is 2. The van der Waals surface area contributed by atoms with Gasteiger partial charge in [-0.1, -0.05) is 30.3 Å². The van der Waals surface area contributed by atoms with Gasteiger partial charge in [0.05, 0.1) is 0 Å². The van der Waals surface area contributed by atoms with Crippen molar-refractivity contribution in [1.82, 2.24) is 10.3 Å². The maximum absolute atomic E-state index is 12.3. The third-order valence-corrected chi connectivity index (χ3v) is 3.89. The van der Waals surface area contributed by atoms with Crippen LogP contribution in [0.25, 0.3) is 0 Å². The minimum Gasteiger partial charge on any atom is -0.489 e. The Labute approximate surface area is 165 Å². The van der Waals surface area contributed by atoms with Crippen LogP contribution in [-0.4, -0.2) is 16.4 Å². The van der Waals surface area contributed by atoms with Gasteiger partial charge in [-0.2, -0.15) is 0 Å². The van der Waals surface area contributed by atoms with Crippen LogP contribution < -0.4 is 15.4 Å². The van der Waals surface area contributed by atoms with Crippen LogP contribution in [0.2, 0.25) is 0 Å². The minimum absolute atomic E-state index is 0.123. The SMILES string of the molecule is CC(C)(C)NC(=O)c1ccnc(Nc2ccc(OCc3ccccc3)cc2)c1. The Hall–Kier alpha value is -3.34. The van der Waals surface area contributed by atoms with E-state index in [1.165, 1.54) is 0 Å². The molecule has 3 rings (SSSR count). The van der Waals surface area contributed by atoms with E-state index < -0.39 is 0 Å². The molecule has 0 aliphatic rings. The lowest BCUT2D eigenvalue weighted by Gasteiger charge is -2.20. The number of hydrogen-bond acceptors (Lipinski definition) is 4. The van der Waals surface area contributed by atoms with Crippen LogP contribution in [0.15, 0.2) is 72.9 Å². The molecule has 5 nitrogen and oxygen atoms in total. The molecule has 0 spiro atoms. The summed E-state index contributed by atoms with van der Waals surface area (Å²) in [5.41, 5.74) is 2.27. The molecule has 0 bridgehead atoms. The molecule has 144 valence electrons. The van der Waals surface area contributed by atoms with Gasteiger partial charge in [-0.05, 0) is 62.7 Å². The second-order valence-electron chi connectivity index (χ2n) is 7.56. The summed E-state index contributed by atoms with van der Waals surface area (Å²) in [6, 6.07) is 21.1. The molecule has 0 radical (unpaired) electrons. The molecule has 0 saturated heterocycles. The smallest absolute Gasteiger partial charge is 0.251 e. The van der Waals surface area contributed by atoms with E-state index in [-0.39, 0.29) is 11.4 Å². The average Bonchev–Trinajstić information content (AvgIpc) is 2.67. The van der Waals surface area contributed by atoms with Crippen molar-refractivity contribution in [3.05, 3.63) is 84.1 Å². The normalized spacial score (nSPS) is 11.0. The standard InChI is InChI=1S/C23H25N3O2/c1-23(2,3)26-22(27)18-13-14-24-21(15-18)25-19-9-11-20(12-10-19)28-16-17-7-5-4-6-8-17/h4-15H,16H2,1-3H3,(H,24,25)(H,26,27). The Bertz CT molecular complexity index is 917. The molecule has 1 aromatic heterocycles. The molecular formula is C23H25N3O2. The first-order chi connectivity index (χ1) is 13.4. The monoisotopic (exact) mass is 375 g/mol. The van der Waals surface area contributed by atoms with Gasteiger partial charge in [0.25, 0.3) is 5.91 Å². The van der Waals surface area contributed by atoms with Crippen LogP contribution in [0.5, 0.6) is 5.75 Å². The Morgan fingerprint density at radius 3 is 2.39 bits per heavy atom. The highest BCUT2D eigenvalue weighted by molar-refractivity contribution is 5.95. The van der Waals surface area contributed by atoms with Gasteiger partial charge in [0.15, 0.2) is 0 Å². The maximum atomic E-state index is 12.3. The predicted octanol–water partition coefficient (Wildman–Crippen LogP) is 4.93. The van der Waals surface area contributed by atoms with Gasteiger partial charge in [-0.3, -0.25) is 4.79 Å². The topological polar surface area (TPSA) is 63.2 Å². The fourth-order valence-electron chi connectivity index (χ4n) is 2.58. The fourth-order valence-corrected chi connectivity index (χ4v) is 2.58. The number of benzene rings is 2. The van der Waals surface area contributed by atoms with Crippen molar-refractivity contribution in [2.45, 2.75) is 32.9 Å². The van der Waals surface area contributed by atoms with Crippen LogP contribution in [0, 0.1) is 0 Å². The number of aromatic nitrogens is 1. The number of anilines is 2. The van der Waals surface area contributed by atoms with Gasteiger partial charge in [-0.25, -0.2) is 4.98 Å². The highest BCUT2D eigenvalue weighted by atomic mass is 16.5. The van der Waals surface area contributed by atoms with Gasteiger partial charge < -0.3 is 15.4 Å². The minimum atomic E-state index is -0.288. The van der Waals surface area contributed by atoms with E-state index in [2.05, 4.69) is 15.6 Å². The number of amides is 1. The zero-order chi connectivity index (χ0) is 20.0. The first-order valence-electron chi connectivity index (χ1n) is 9.21. The quantitative estimate of drug-likeness (QED) is 0.641. The van der Waals surface area contributed by atoms with Gasteiger partial charge in [-0.15, -0.1) is 0 Å². The van der Waals surface area contributed by atoms with Gasteiger partial charge in [0.1, 0.15) is 18.2 Å². The summed E-state index contributed by atoms with van der Waals surface area (Å²) < 4.78 is 5.80. The predicted molar refractivity (Wildman–Crippen MR) is 112 cm³/mol. The van der Waals surface area contributed by atoms with Crippen LogP contribution in [0.4, 0.5) is 11.5 Å². The molecule has 0 unspecified atom stereocenters. The van der Waals surface area contributed by atoms with E-state index in [1.807, 2.05) is 75.4 Å². The zero-order valence-electron chi connectivity index (χ0n) is 16.4. The molecule has 0 atom stereocenters. The average molecular weight is 375 g/mol. The summed E-state index contributed by atoms with van der Waals surface area (Å²) in [4.78, 5) is 16.6.